The highest BCUT2D eigenvalue weighted by Gasteiger charge is 2.41. The van der Waals surface area contributed by atoms with Gasteiger partial charge in [0.1, 0.15) is 5.82 Å². The van der Waals surface area contributed by atoms with E-state index in [1.807, 2.05) is 4.90 Å². The van der Waals surface area contributed by atoms with Crippen LogP contribution in [0, 0.1) is 11.7 Å². The van der Waals surface area contributed by atoms with Gasteiger partial charge in [-0.05, 0) is 42.9 Å². The maximum Gasteiger partial charge on any atom is 0.255 e. The normalized spacial score (nSPS) is 24.8. The van der Waals surface area contributed by atoms with Gasteiger partial charge in [0.25, 0.3) is 5.91 Å². The molecule has 1 saturated heterocycles. The number of likely N-dealkylation sites (tertiary alicyclic amines) is 1. The summed E-state index contributed by atoms with van der Waals surface area (Å²) in [6.45, 7) is 2.27. The van der Waals surface area contributed by atoms with E-state index in [1.165, 1.54) is 44.2 Å². The van der Waals surface area contributed by atoms with Gasteiger partial charge in [-0.3, -0.25) is 4.79 Å². The predicted molar refractivity (Wildman–Crippen MR) is 100 cm³/mol. The van der Waals surface area contributed by atoms with Crippen molar-refractivity contribution < 1.29 is 14.3 Å². The molecule has 1 atom stereocenters. The third-order valence-corrected chi connectivity index (χ3v) is 5.90. The molecule has 1 aliphatic heterocycles. The van der Waals surface area contributed by atoms with Crippen molar-refractivity contribution in [2.24, 2.45) is 5.92 Å². The molecule has 4 nitrogen and oxygen atoms in total. The maximum atomic E-state index is 13.0. The van der Waals surface area contributed by atoms with Crippen LogP contribution in [-0.4, -0.2) is 41.1 Å². The van der Waals surface area contributed by atoms with Gasteiger partial charge in [-0.25, -0.2) is 4.39 Å². The van der Waals surface area contributed by atoms with E-state index in [2.05, 4.69) is 5.32 Å². The number of carbonyl (C=O) groups is 1. The summed E-state index contributed by atoms with van der Waals surface area (Å²) in [4.78, 5) is 14.7. The molecule has 26 heavy (non-hydrogen) atoms. The lowest BCUT2D eigenvalue weighted by molar-refractivity contribution is -0.156. The highest BCUT2D eigenvalue weighted by Crippen LogP contribution is 2.28. The van der Waals surface area contributed by atoms with Gasteiger partial charge in [0.05, 0.1) is 0 Å². The minimum atomic E-state index is -1.31. The Morgan fingerprint density at radius 1 is 1.15 bits per heavy atom. The van der Waals surface area contributed by atoms with Gasteiger partial charge >= 0.3 is 0 Å². The maximum absolute atomic E-state index is 13.0. The number of amides is 1. The summed E-state index contributed by atoms with van der Waals surface area (Å²) in [6.07, 6.45) is 8.94. The third kappa shape index (κ3) is 5.04. The van der Waals surface area contributed by atoms with Gasteiger partial charge < -0.3 is 15.3 Å². The molecule has 3 rings (SSSR count). The molecule has 1 aromatic rings. The van der Waals surface area contributed by atoms with Gasteiger partial charge in [0.2, 0.25) is 0 Å². The summed E-state index contributed by atoms with van der Waals surface area (Å²) in [5, 5.41) is 14.0. The molecule has 0 spiro atoms. The topological polar surface area (TPSA) is 52.6 Å². The number of piperidine rings is 1. The van der Waals surface area contributed by atoms with E-state index in [-0.39, 0.29) is 18.3 Å². The van der Waals surface area contributed by atoms with Gasteiger partial charge in [-0.1, -0.05) is 44.2 Å². The van der Waals surface area contributed by atoms with E-state index < -0.39 is 5.60 Å². The van der Waals surface area contributed by atoms with E-state index in [0.717, 1.165) is 37.4 Å². The number of halogens is 1. The fourth-order valence-corrected chi connectivity index (χ4v) is 4.27. The second kappa shape index (κ2) is 8.96. The summed E-state index contributed by atoms with van der Waals surface area (Å²) in [5.41, 5.74) is -0.377. The zero-order valence-electron chi connectivity index (χ0n) is 15.6. The summed E-state index contributed by atoms with van der Waals surface area (Å²) in [5.74, 6) is 0.345. The second-order valence-electron chi connectivity index (χ2n) is 7.95. The molecule has 2 aliphatic rings. The van der Waals surface area contributed by atoms with Crippen molar-refractivity contribution in [1.82, 2.24) is 10.2 Å². The number of hydrogen-bond acceptors (Lipinski definition) is 3. The first-order chi connectivity index (χ1) is 12.6. The molecular formula is C21H31FN2O2. The van der Waals surface area contributed by atoms with Crippen molar-refractivity contribution in [1.29, 1.82) is 0 Å². The molecule has 1 aromatic carbocycles. The quantitative estimate of drug-likeness (QED) is 0.783. The molecule has 2 N–H and O–H groups in total. The average molecular weight is 362 g/mol. The monoisotopic (exact) mass is 362 g/mol. The van der Waals surface area contributed by atoms with Crippen LogP contribution in [0.5, 0.6) is 0 Å². The van der Waals surface area contributed by atoms with Crippen LogP contribution in [0.1, 0.15) is 56.9 Å². The lowest BCUT2D eigenvalue weighted by Crippen LogP contribution is -2.58. The molecule has 5 heteroatoms. The minimum absolute atomic E-state index is 0.133. The van der Waals surface area contributed by atoms with Crippen molar-refractivity contribution in [2.45, 2.75) is 63.5 Å². The van der Waals surface area contributed by atoms with Crippen LogP contribution >= 0.6 is 0 Å². The highest BCUT2D eigenvalue weighted by atomic mass is 19.1. The zero-order valence-corrected chi connectivity index (χ0v) is 15.6. The number of rotatable bonds is 7. The molecule has 1 saturated carbocycles. The number of nitrogens with zero attached hydrogens (tertiary/aromatic N) is 1. The van der Waals surface area contributed by atoms with E-state index in [9.17, 15) is 14.3 Å². The number of hydrogen-bond donors (Lipinski definition) is 2. The number of nitrogens with one attached hydrogen (secondary N) is 1. The van der Waals surface area contributed by atoms with Gasteiger partial charge in [0, 0.05) is 26.2 Å². The predicted octanol–water partition coefficient (Wildman–Crippen LogP) is 3.24. The summed E-state index contributed by atoms with van der Waals surface area (Å²) >= 11 is 0. The van der Waals surface area contributed by atoms with E-state index in [4.69, 9.17) is 0 Å². The van der Waals surface area contributed by atoms with E-state index in [0.29, 0.717) is 13.0 Å². The van der Waals surface area contributed by atoms with Gasteiger partial charge in [-0.2, -0.15) is 0 Å². The van der Waals surface area contributed by atoms with Crippen LogP contribution in [0.15, 0.2) is 24.3 Å². The van der Waals surface area contributed by atoms with Crippen LogP contribution in [0.3, 0.4) is 0 Å². The Labute approximate surface area is 155 Å². The Bertz CT molecular complexity index is 586. The average Bonchev–Trinajstić information content (AvgIpc) is 2.66. The fraction of sp³-hybridized carbons (Fsp3) is 0.667. The Kier molecular flexibility index (Phi) is 6.65. The first kappa shape index (κ1) is 19.3. The van der Waals surface area contributed by atoms with Crippen molar-refractivity contribution in [3.05, 3.63) is 35.6 Å². The third-order valence-electron chi connectivity index (χ3n) is 5.90. The molecule has 144 valence electrons. The Morgan fingerprint density at radius 2 is 1.88 bits per heavy atom. The molecule has 0 aromatic heterocycles. The summed E-state index contributed by atoms with van der Waals surface area (Å²) in [7, 11) is 0. The van der Waals surface area contributed by atoms with Gasteiger partial charge in [-0.15, -0.1) is 0 Å². The molecule has 1 unspecified atom stereocenters. The van der Waals surface area contributed by atoms with E-state index >= 15 is 0 Å². The zero-order chi connectivity index (χ0) is 18.4. The van der Waals surface area contributed by atoms with Crippen LogP contribution in [0.2, 0.25) is 0 Å². The number of aliphatic hydroxyl groups is 1. The van der Waals surface area contributed by atoms with Crippen molar-refractivity contribution in [2.75, 3.05) is 19.6 Å². The lowest BCUT2D eigenvalue weighted by Gasteiger charge is -2.39. The molecule has 0 bridgehead atoms. The molecule has 1 heterocycles. The van der Waals surface area contributed by atoms with Crippen LogP contribution in [0.4, 0.5) is 4.39 Å². The van der Waals surface area contributed by atoms with Crippen molar-refractivity contribution >= 4 is 5.91 Å². The Morgan fingerprint density at radius 3 is 2.62 bits per heavy atom. The van der Waals surface area contributed by atoms with Crippen molar-refractivity contribution in [3.8, 4) is 0 Å². The standard InChI is InChI=1S/C21H31FN2O2/c22-19-9-7-18(8-10-19)15-23-16-21(26)12-4-13-24(20(21)25)14-11-17-5-2-1-3-6-17/h7-10,17,23,26H,1-6,11-16H2. The fourth-order valence-electron chi connectivity index (χ4n) is 4.27. The lowest BCUT2D eigenvalue weighted by atomic mass is 9.86. The molecule has 2 fully saturated rings. The van der Waals surface area contributed by atoms with E-state index in [1.54, 1.807) is 12.1 Å². The molecule has 1 aliphatic carbocycles. The Balaban J connectivity index is 1.47. The van der Waals surface area contributed by atoms with Crippen LogP contribution in [-0.2, 0) is 11.3 Å². The number of benzene rings is 1. The van der Waals surface area contributed by atoms with Gasteiger partial charge in [0.15, 0.2) is 5.60 Å². The minimum Gasteiger partial charge on any atom is -0.379 e. The first-order valence-electron chi connectivity index (χ1n) is 10.0. The summed E-state index contributed by atoms with van der Waals surface area (Å²) in [6, 6.07) is 6.27. The van der Waals surface area contributed by atoms with Crippen LogP contribution in [0.25, 0.3) is 0 Å². The Hall–Kier alpha value is -1.46. The SMILES string of the molecule is O=C1N(CCC2CCCCC2)CCCC1(O)CNCc1ccc(F)cc1. The highest BCUT2D eigenvalue weighted by molar-refractivity contribution is 5.86. The van der Waals surface area contributed by atoms with Crippen molar-refractivity contribution in [3.63, 3.8) is 0 Å². The second-order valence-corrected chi connectivity index (χ2v) is 7.95. The smallest absolute Gasteiger partial charge is 0.255 e. The molecule has 0 radical (unpaired) electrons. The largest absolute Gasteiger partial charge is 0.379 e. The molecular weight excluding hydrogens is 331 g/mol. The summed E-state index contributed by atoms with van der Waals surface area (Å²) < 4.78 is 13.0. The first-order valence-corrected chi connectivity index (χ1v) is 10.0. The van der Waals surface area contributed by atoms with Crippen LogP contribution < -0.4 is 5.32 Å². The number of carbonyl (C=O) groups excluding carboxylic acids is 1. The molecule has 1 amide bonds.